The van der Waals surface area contributed by atoms with Crippen molar-refractivity contribution in [2.75, 3.05) is 39.6 Å². The molecule has 0 radical (unpaired) electrons. The van der Waals surface area contributed by atoms with Gasteiger partial charge in [-0.2, -0.15) is 0 Å². The summed E-state index contributed by atoms with van der Waals surface area (Å²) in [4.78, 5) is 4.25. The summed E-state index contributed by atoms with van der Waals surface area (Å²) in [5.74, 6) is 0.621. The number of nitrogens with zero attached hydrogens (tertiary/aromatic N) is 2. The van der Waals surface area contributed by atoms with Crippen LogP contribution in [0.3, 0.4) is 0 Å². The minimum absolute atomic E-state index is 0.102. The van der Waals surface area contributed by atoms with Crippen molar-refractivity contribution in [2.24, 2.45) is 16.6 Å². The van der Waals surface area contributed by atoms with E-state index in [1.54, 1.807) is 7.11 Å². The van der Waals surface area contributed by atoms with Crippen LogP contribution in [0.5, 0.6) is 0 Å². The van der Waals surface area contributed by atoms with E-state index in [9.17, 15) is 8.42 Å². The fourth-order valence-corrected chi connectivity index (χ4v) is 2.98. The average Bonchev–Trinajstić information content (AvgIpc) is 2.74. The molecule has 8 heteroatoms. The fraction of sp³-hybridized carbons (Fsp3) is 0.909. The molecule has 2 unspecified atom stereocenters. The van der Waals surface area contributed by atoms with Crippen LogP contribution in [0.2, 0.25) is 0 Å². The molecule has 1 saturated heterocycles. The molecule has 1 rings (SSSR count). The van der Waals surface area contributed by atoms with Crippen molar-refractivity contribution in [1.82, 2.24) is 9.62 Å². The van der Waals surface area contributed by atoms with Gasteiger partial charge in [0.15, 0.2) is 5.96 Å². The van der Waals surface area contributed by atoms with E-state index < -0.39 is 10.0 Å². The highest BCUT2D eigenvalue weighted by Gasteiger charge is 2.28. The summed E-state index contributed by atoms with van der Waals surface area (Å²) in [6.07, 6.45) is 2.07. The molecule has 0 spiro atoms. The van der Waals surface area contributed by atoms with Crippen LogP contribution in [-0.2, 0) is 14.8 Å². The third kappa shape index (κ3) is 5.75. The van der Waals surface area contributed by atoms with E-state index in [0.29, 0.717) is 32.2 Å². The summed E-state index contributed by atoms with van der Waals surface area (Å²) < 4.78 is 29.2. The van der Waals surface area contributed by atoms with Crippen molar-refractivity contribution < 1.29 is 13.2 Å². The first-order chi connectivity index (χ1) is 8.82. The van der Waals surface area contributed by atoms with Crippen molar-refractivity contribution in [1.29, 1.82) is 0 Å². The molecule has 1 heterocycles. The molecule has 0 aromatic carbocycles. The maximum absolute atomic E-state index is 11.4. The molecular formula is C11H24N4O3S. The number of hydrogen-bond acceptors (Lipinski definition) is 4. The molecule has 19 heavy (non-hydrogen) atoms. The smallest absolute Gasteiger partial charge is 0.211 e. The van der Waals surface area contributed by atoms with Gasteiger partial charge in [-0.1, -0.05) is 0 Å². The standard InChI is InChI=1S/C11H24N4O3S/c1-9(8-18-2)14-11(12)13-6-10-4-5-15(7-10)19(3,16)17/h9-10H,4-8H2,1-3H3,(H3,12,13,14). The first-order valence-corrected chi connectivity index (χ1v) is 8.18. The summed E-state index contributed by atoms with van der Waals surface area (Å²) >= 11 is 0. The summed E-state index contributed by atoms with van der Waals surface area (Å²) in [6, 6.07) is 0.102. The monoisotopic (exact) mass is 292 g/mol. The molecular weight excluding hydrogens is 268 g/mol. The predicted octanol–water partition coefficient (Wildman–Crippen LogP) is -0.793. The van der Waals surface area contributed by atoms with Gasteiger partial charge in [0.25, 0.3) is 0 Å². The van der Waals surface area contributed by atoms with Crippen LogP contribution in [0.25, 0.3) is 0 Å². The fourth-order valence-electron chi connectivity index (χ4n) is 2.06. The summed E-state index contributed by atoms with van der Waals surface area (Å²) in [6.45, 7) is 4.16. The Bertz CT molecular complexity index is 410. The van der Waals surface area contributed by atoms with E-state index in [1.807, 2.05) is 6.92 Å². The summed E-state index contributed by atoms with van der Waals surface area (Å²) in [5, 5.41) is 3.02. The zero-order valence-corrected chi connectivity index (χ0v) is 12.6. The highest BCUT2D eigenvalue weighted by molar-refractivity contribution is 7.88. The Labute approximate surface area is 115 Å². The first kappa shape index (κ1) is 16.2. The van der Waals surface area contributed by atoms with Crippen LogP contribution in [0.4, 0.5) is 0 Å². The number of nitrogens with one attached hydrogen (secondary N) is 1. The zero-order valence-electron chi connectivity index (χ0n) is 11.8. The van der Waals surface area contributed by atoms with Crippen molar-refractivity contribution in [3.63, 3.8) is 0 Å². The van der Waals surface area contributed by atoms with Crippen LogP contribution < -0.4 is 11.1 Å². The molecule has 0 bridgehead atoms. The van der Waals surface area contributed by atoms with Gasteiger partial charge in [0.1, 0.15) is 0 Å². The SMILES string of the molecule is COCC(C)NC(N)=NCC1CCN(S(C)(=O)=O)C1. The van der Waals surface area contributed by atoms with Gasteiger partial charge in [-0.15, -0.1) is 0 Å². The van der Waals surface area contributed by atoms with Crippen LogP contribution in [0.15, 0.2) is 4.99 Å². The predicted molar refractivity (Wildman–Crippen MR) is 75.5 cm³/mol. The number of ether oxygens (including phenoxy) is 1. The Balaban J connectivity index is 2.37. The van der Waals surface area contributed by atoms with Crippen LogP contribution >= 0.6 is 0 Å². The largest absolute Gasteiger partial charge is 0.383 e. The lowest BCUT2D eigenvalue weighted by molar-refractivity contribution is 0.179. The maximum atomic E-state index is 11.4. The van der Waals surface area contributed by atoms with Crippen molar-refractivity contribution in [3.05, 3.63) is 0 Å². The third-order valence-electron chi connectivity index (χ3n) is 3.05. The Morgan fingerprint density at radius 3 is 2.84 bits per heavy atom. The van der Waals surface area contributed by atoms with E-state index >= 15 is 0 Å². The second-order valence-corrected chi connectivity index (χ2v) is 6.98. The third-order valence-corrected chi connectivity index (χ3v) is 4.32. The van der Waals surface area contributed by atoms with Gasteiger partial charge < -0.3 is 15.8 Å². The van der Waals surface area contributed by atoms with Crippen molar-refractivity contribution in [2.45, 2.75) is 19.4 Å². The van der Waals surface area contributed by atoms with Gasteiger partial charge in [-0.05, 0) is 19.3 Å². The van der Waals surface area contributed by atoms with Crippen LogP contribution in [-0.4, -0.2) is 64.3 Å². The molecule has 1 fully saturated rings. The van der Waals surface area contributed by atoms with Gasteiger partial charge in [0.05, 0.1) is 12.9 Å². The topological polar surface area (TPSA) is 97.0 Å². The molecule has 0 aromatic heterocycles. The molecule has 112 valence electrons. The summed E-state index contributed by atoms with van der Waals surface area (Å²) in [5.41, 5.74) is 5.75. The van der Waals surface area contributed by atoms with E-state index in [1.165, 1.54) is 10.6 Å². The minimum atomic E-state index is -3.08. The minimum Gasteiger partial charge on any atom is -0.383 e. The van der Waals surface area contributed by atoms with Crippen LogP contribution in [0.1, 0.15) is 13.3 Å². The Morgan fingerprint density at radius 2 is 2.32 bits per heavy atom. The van der Waals surface area contributed by atoms with Gasteiger partial charge in [-0.25, -0.2) is 12.7 Å². The quantitative estimate of drug-likeness (QED) is 0.494. The number of methoxy groups -OCH3 is 1. The van der Waals surface area contributed by atoms with Gasteiger partial charge >= 0.3 is 0 Å². The highest BCUT2D eigenvalue weighted by Crippen LogP contribution is 2.18. The van der Waals surface area contributed by atoms with Crippen molar-refractivity contribution in [3.8, 4) is 0 Å². The first-order valence-electron chi connectivity index (χ1n) is 6.33. The Hall–Kier alpha value is -0.860. The molecule has 1 aliphatic rings. The lowest BCUT2D eigenvalue weighted by atomic mass is 10.1. The van der Waals surface area contributed by atoms with E-state index in [-0.39, 0.29) is 12.0 Å². The molecule has 3 N–H and O–H groups in total. The lowest BCUT2D eigenvalue weighted by Gasteiger charge is -2.14. The number of aliphatic imine (C=N–C) groups is 1. The number of rotatable bonds is 6. The van der Waals surface area contributed by atoms with Crippen LogP contribution in [0, 0.1) is 5.92 Å². The molecule has 0 aliphatic carbocycles. The number of sulfonamides is 1. The Morgan fingerprint density at radius 1 is 1.63 bits per heavy atom. The molecule has 2 atom stereocenters. The number of guanidine groups is 1. The molecule has 0 aromatic rings. The molecule has 0 amide bonds. The van der Waals surface area contributed by atoms with E-state index in [0.717, 1.165) is 6.42 Å². The van der Waals surface area contributed by atoms with Gasteiger partial charge in [0.2, 0.25) is 10.0 Å². The van der Waals surface area contributed by atoms with E-state index in [4.69, 9.17) is 10.5 Å². The summed E-state index contributed by atoms with van der Waals surface area (Å²) in [7, 11) is -1.45. The maximum Gasteiger partial charge on any atom is 0.211 e. The average molecular weight is 292 g/mol. The molecule has 7 nitrogen and oxygen atoms in total. The number of nitrogens with two attached hydrogens (primary N) is 1. The van der Waals surface area contributed by atoms with E-state index in [2.05, 4.69) is 10.3 Å². The van der Waals surface area contributed by atoms with Crippen molar-refractivity contribution >= 4 is 16.0 Å². The number of hydrogen-bond donors (Lipinski definition) is 2. The highest BCUT2D eigenvalue weighted by atomic mass is 32.2. The second-order valence-electron chi connectivity index (χ2n) is 5.00. The molecule has 0 saturated carbocycles. The molecule has 1 aliphatic heterocycles. The van der Waals surface area contributed by atoms with Gasteiger partial charge in [-0.3, -0.25) is 4.99 Å². The van der Waals surface area contributed by atoms with Gasteiger partial charge in [0, 0.05) is 32.8 Å². The zero-order chi connectivity index (χ0) is 14.5. The Kier molecular flexibility index (Phi) is 6.02. The lowest BCUT2D eigenvalue weighted by Crippen LogP contribution is -2.41. The normalized spacial score (nSPS) is 23.5. The second kappa shape index (κ2) is 7.06.